The minimum atomic E-state index is -0.0932. The van der Waals surface area contributed by atoms with Gasteiger partial charge in [-0.25, -0.2) is 0 Å². The van der Waals surface area contributed by atoms with Crippen LogP contribution in [0.15, 0.2) is 0 Å². The Bertz CT molecular complexity index is 1090. The number of nitrogens with one attached hydrogen (secondary N) is 3. The number of hydrogen-bond donors (Lipinski definition) is 3. The molecule has 0 saturated heterocycles. The van der Waals surface area contributed by atoms with E-state index < -0.39 is 0 Å². The van der Waals surface area contributed by atoms with Crippen molar-refractivity contribution in [1.29, 1.82) is 0 Å². The third-order valence-corrected chi connectivity index (χ3v) is 12.5. The fraction of sp³-hybridized carbons (Fsp3) is 0.936. The Morgan fingerprint density at radius 1 is 0.472 bits per heavy atom. The van der Waals surface area contributed by atoms with E-state index in [1.165, 1.54) is 96.3 Å². The molecule has 6 aliphatic rings. The second-order valence-corrected chi connectivity index (χ2v) is 22.3. The fourth-order valence-electron chi connectivity index (χ4n) is 7.99. The zero-order valence-corrected chi connectivity index (χ0v) is 36.3. The van der Waals surface area contributed by atoms with Gasteiger partial charge in [0.05, 0.1) is 0 Å². The van der Waals surface area contributed by atoms with Crippen LogP contribution in [0, 0.1) is 59.2 Å². The van der Waals surface area contributed by atoms with Gasteiger partial charge < -0.3 is 16.0 Å². The minimum absolute atomic E-state index is 0.0849. The highest BCUT2D eigenvalue weighted by molar-refractivity contribution is 5.80. The predicted octanol–water partition coefficient (Wildman–Crippen LogP) is 11.2. The van der Waals surface area contributed by atoms with Crippen molar-refractivity contribution in [3.63, 3.8) is 0 Å². The van der Waals surface area contributed by atoms with E-state index in [-0.39, 0.29) is 34.4 Å². The average molecular weight is 740 g/mol. The van der Waals surface area contributed by atoms with E-state index in [1.54, 1.807) is 0 Å². The van der Waals surface area contributed by atoms with Crippen molar-refractivity contribution in [2.24, 2.45) is 59.2 Å². The topological polar surface area (TPSA) is 87.3 Å². The summed E-state index contributed by atoms with van der Waals surface area (Å²) in [6, 6.07) is 0. The van der Waals surface area contributed by atoms with Gasteiger partial charge in [-0.3, -0.25) is 14.4 Å². The summed E-state index contributed by atoms with van der Waals surface area (Å²) in [6.45, 7) is 21.0. The maximum Gasteiger partial charge on any atom is 0.223 e. The van der Waals surface area contributed by atoms with Crippen LogP contribution in [-0.4, -0.2) is 34.3 Å². The molecule has 0 radical (unpaired) electrons. The molecule has 6 rings (SSSR count). The predicted molar refractivity (Wildman–Crippen MR) is 221 cm³/mol. The molecule has 53 heavy (non-hydrogen) atoms. The average Bonchev–Trinajstić information content (AvgIpc) is 3.80. The van der Waals surface area contributed by atoms with Gasteiger partial charge in [-0.15, -0.1) is 0 Å². The smallest absolute Gasteiger partial charge is 0.223 e. The Labute approximate surface area is 327 Å². The zero-order chi connectivity index (χ0) is 39.0. The molecule has 306 valence electrons. The Morgan fingerprint density at radius 2 is 0.755 bits per heavy atom. The molecular formula is C47H85N3O3. The molecule has 6 nitrogen and oxygen atoms in total. The highest BCUT2D eigenvalue weighted by Crippen LogP contribution is 2.45. The Kier molecular flexibility index (Phi) is 16.2. The van der Waals surface area contributed by atoms with E-state index in [2.05, 4.69) is 85.2 Å². The van der Waals surface area contributed by atoms with Gasteiger partial charge in [-0.2, -0.15) is 0 Å². The number of carbonyl (C=O) groups excluding carboxylic acids is 3. The lowest BCUT2D eigenvalue weighted by Crippen LogP contribution is -2.44. The van der Waals surface area contributed by atoms with Gasteiger partial charge in [0.25, 0.3) is 0 Å². The summed E-state index contributed by atoms with van der Waals surface area (Å²) in [5.74, 6) is 7.89. The summed E-state index contributed by atoms with van der Waals surface area (Å²) in [7, 11) is 0. The van der Waals surface area contributed by atoms with Crippen LogP contribution in [0.3, 0.4) is 0 Å². The molecule has 0 bridgehead atoms. The summed E-state index contributed by atoms with van der Waals surface area (Å²) in [6.07, 6.45) is 27.0. The van der Waals surface area contributed by atoms with E-state index in [0.717, 1.165) is 80.0 Å². The van der Waals surface area contributed by atoms with E-state index in [1.807, 2.05) is 0 Å². The molecule has 0 aromatic heterocycles. The maximum atomic E-state index is 12.4. The number of amides is 3. The first-order valence-corrected chi connectivity index (χ1v) is 22.7. The molecule has 0 spiro atoms. The zero-order valence-electron chi connectivity index (χ0n) is 36.3. The minimum Gasteiger partial charge on any atom is -0.351 e. The monoisotopic (exact) mass is 740 g/mol. The van der Waals surface area contributed by atoms with Crippen molar-refractivity contribution in [2.45, 2.75) is 221 Å². The lowest BCUT2D eigenvalue weighted by molar-refractivity contribution is -0.128. The van der Waals surface area contributed by atoms with Gasteiger partial charge in [-0.1, -0.05) is 77.6 Å². The van der Waals surface area contributed by atoms with Crippen LogP contribution in [0.2, 0.25) is 0 Å². The van der Waals surface area contributed by atoms with Gasteiger partial charge in [0.15, 0.2) is 0 Å². The van der Waals surface area contributed by atoms with Gasteiger partial charge in [0, 0.05) is 34.4 Å². The highest BCUT2D eigenvalue weighted by Gasteiger charge is 2.38. The molecule has 6 fully saturated rings. The molecule has 5 atom stereocenters. The maximum absolute atomic E-state index is 12.4. The summed E-state index contributed by atoms with van der Waals surface area (Å²) in [5.41, 5.74) is -0.267. The Morgan fingerprint density at radius 3 is 0.981 bits per heavy atom. The third kappa shape index (κ3) is 20.2. The van der Waals surface area contributed by atoms with E-state index >= 15 is 0 Å². The molecule has 6 aliphatic carbocycles. The number of carbonyl (C=O) groups is 3. The molecule has 6 heteroatoms. The quantitative estimate of drug-likeness (QED) is 0.131. The lowest BCUT2D eigenvalue weighted by atomic mass is 9.77. The molecule has 0 aromatic rings. The lowest BCUT2D eigenvalue weighted by Gasteiger charge is -2.31. The first-order valence-electron chi connectivity index (χ1n) is 22.7. The van der Waals surface area contributed by atoms with Crippen LogP contribution in [0.1, 0.15) is 204 Å². The van der Waals surface area contributed by atoms with Gasteiger partial charge in [-0.05, 0) is 168 Å². The van der Waals surface area contributed by atoms with Crippen LogP contribution < -0.4 is 16.0 Å². The number of rotatable bonds is 18. The van der Waals surface area contributed by atoms with Crippen molar-refractivity contribution < 1.29 is 14.4 Å². The highest BCUT2D eigenvalue weighted by atomic mass is 16.2. The van der Waals surface area contributed by atoms with E-state index in [9.17, 15) is 14.4 Å². The summed E-state index contributed by atoms with van der Waals surface area (Å²) >= 11 is 0. The SMILES string of the molecule is CC(C)(C)NC(=O)C(CCC1CC1)CC1CC1.CC(C)(C)NC(=O)C(CCC1CC1)CC1CCC1.CC1CC1CC(CCC1CC1)C(=O)NC(C)(C)C. The van der Waals surface area contributed by atoms with Crippen molar-refractivity contribution in [3.8, 4) is 0 Å². The van der Waals surface area contributed by atoms with E-state index in [4.69, 9.17) is 0 Å². The standard InChI is InChI=1S/2C16H29NO.C15H27NO/c1-11-9-14(11)10-13(8-7-12-5-6-12)15(18)17-16(2,3)4;1-16(2,3)17-15(18)14(10-9-12-7-8-12)11-13-5-4-6-13;1-15(2,3)16-14(17)13(10-12-6-7-12)9-8-11-4-5-11/h11-14H,5-10H2,1-4H3,(H,17,18);12-14H,4-11H2,1-3H3,(H,17,18);11-13H,4-10H2,1-3H3,(H,16,17). The van der Waals surface area contributed by atoms with Gasteiger partial charge in [0.2, 0.25) is 17.7 Å². The molecule has 3 N–H and O–H groups in total. The fourth-order valence-corrected chi connectivity index (χ4v) is 7.99. The summed E-state index contributed by atoms with van der Waals surface area (Å²) in [4.78, 5) is 37.0. The number of hydrogen-bond acceptors (Lipinski definition) is 3. The molecule has 0 aromatic carbocycles. The second-order valence-electron chi connectivity index (χ2n) is 22.3. The van der Waals surface area contributed by atoms with Crippen LogP contribution in [0.25, 0.3) is 0 Å². The molecule has 5 unspecified atom stereocenters. The van der Waals surface area contributed by atoms with Crippen molar-refractivity contribution in [1.82, 2.24) is 16.0 Å². The normalized spacial score (nSPS) is 24.6. The van der Waals surface area contributed by atoms with Crippen molar-refractivity contribution in [3.05, 3.63) is 0 Å². The third-order valence-electron chi connectivity index (χ3n) is 12.5. The molecular weight excluding hydrogens is 655 g/mol. The largest absolute Gasteiger partial charge is 0.351 e. The van der Waals surface area contributed by atoms with Crippen molar-refractivity contribution >= 4 is 17.7 Å². The first kappa shape index (κ1) is 44.1. The van der Waals surface area contributed by atoms with Crippen molar-refractivity contribution in [2.75, 3.05) is 0 Å². The van der Waals surface area contributed by atoms with Gasteiger partial charge in [0.1, 0.15) is 0 Å². The van der Waals surface area contributed by atoms with Crippen LogP contribution in [-0.2, 0) is 14.4 Å². The van der Waals surface area contributed by atoms with Crippen LogP contribution >= 0.6 is 0 Å². The molecule has 6 saturated carbocycles. The van der Waals surface area contributed by atoms with Gasteiger partial charge >= 0.3 is 0 Å². The second kappa shape index (κ2) is 19.5. The van der Waals surface area contributed by atoms with E-state index in [0.29, 0.717) is 17.7 Å². The molecule has 0 heterocycles. The Hall–Kier alpha value is -1.59. The molecule has 3 amide bonds. The summed E-state index contributed by atoms with van der Waals surface area (Å²) < 4.78 is 0. The van der Waals surface area contributed by atoms with Crippen LogP contribution in [0.4, 0.5) is 0 Å². The van der Waals surface area contributed by atoms with Crippen LogP contribution in [0.5, 0.6) is 0 Å². The first-order chi connectivity index (χ1) is 24.7. The summed E-state index contributed by atoms with van der Waals surface area (Å²) in [5, 5.41) is 9.51. The molecule has 0 aliphatic heterocycles. The Balaban J connectivity index is 0.000000178.